The maximum Gasteiger partial charge on any atom is 0.313 e. The van der Waals surface area contributed by atoms with Crippen LogP contribution in [0.15, 0.2) is 40.9 Å². The van der Waals surface area contributed by atoms with Crippen LogP contribution in [0.3, 0.4) is 0 Å². The molecule has 0 amide bonds. The largest absolute Gasteiger partial charge is 0.481 e. The van der Waals surface area contributed by atoms with Crippen LogP contribution in [0.2, 0.25) is 0 Å². The highest BCUT2D eigenvalue weighted by molar-refractivity contribution is 9.10. The molecule has 1 aromatic carbocycles. The van der Waals surface area contributed by atoms with Crippen molar-refractivity contribution in [1.82, 2.24) is 0 Å². The minimum atomic E-state index is -1.17. The normalized spacial score (nSPS) is 28.3. The third kappa shape index (κ3) is 3.18. The van der Waals surface area contributed by atoms with Crippen LogP contribution in [0.25, 0.3) is 0 Å². The van der Waals surface area contributed by atoms with Gasteiger partial charge in [-0.2, -0.15) is 0 Å². The quantitative estimate of drug-likeness (QED) is 0.813. The van der Waals surface area contributed by atoms with Gasteiger partial charge in [0.05, 0.1) is 10.8 Å². The summed E-state index contributed by atoms with van der Waals surface area (Å²) in [6.07, 6.45) is 4.08. The van der Waals surface area contributed by atoms with Gasteiger partial charge in [-0.1, -0.05) is 40.2 Å². The summed E-state index contributed by atoms with van der Waals surface area (Å²) in [4.78, 5) is 23.3. The van der Waals surface area contributed by atoms with Crippen LogP contribution < -0.4 is 0 Å². The minimum absolute atomic E-state index is 0.0945. The first-order valence-corrected chi connectivity index (χ1v) is 7.46. The average Bonchev–Trinajstić information content (AvgIpc) is 2.41. The zero-order chi connectivity index (χ0) is 15.7. The molecule has 2 atom stereocenters. The SMILES string of the molecule is CC1(C(=O)O)CC=CC(Cc2ccc(Br)cc2)(C(=O)O)C1. The van der Waals surface area contributed by atoms with Crippen LogP contribution in [0.5, 0.6) is 0 Å². The molecule has 4 nitrogen and oxygen atoms in total. The van der Waals surface area contributed by atoms with Gasteiger partial charge in [-0.15, -0.1) is 0 Å². The summed E-state index contributed by atoms with van der Waals surface area (Å²) in [7, 11) is 0. The van der Waals surface area contributed by atoms with Gasteiger partial charge in [-0.05, 0) is 43.9 Å². The van der Waals surface area contributed by atoms with Crippen molar-refractivity contribution in [3.8, 4) is 0 Å². The Labute approximate surface area is 131 Å². The number of hydrogen-bond donors (Lipinski definition) is 2. The van der Waals surface area contributed by atoms with Crippen molar-refractivity contribution in [3.63, 3.8) is 0 Å². The molecule has 0 saturated heterocycles. The van der Waals surface area contributed by atoms with E-state index in [1.807, 2.05) is 24.3 Å². The van der Waals surface area contributed by atoms with Gasteiger partial charge in [0.2, 0.25) is 0 Å². The monoisotopic (exact) mass is 352 g/mol. The Morgan fingerprint density at radius 3 is 2.33 bits per heavy atom. The van der Waals surface area contributed by atoms with Crippen molar-refractivity contribution >= 4 is 27.9 Å². The first kappa shape index (κ1) is 15.8. The average molecular weight is 353 g/mol. The van der Waals surface area contributed by atoms with Crippen molar-refractivity contribution in [2.75, 3.05) is 0 Å². The molecule has 0 spiro atoms. The molecule has 1 aliphatic rings. The molecular weight excluding hydrogens is 336 g/mol. The first-order valence-electron chi connectivity index (χ1n) is 6.66. The molecule has 0 aliphatic heterocycles. The minimum Gasteiger partial charge on any atom is -0.481 e. The lowest BCUT2D eigenvalue weighted by molar-refractivity contribution is -0.155. The molecule has 0 saturated carbocycles. The molecule has 1 aromatic rings. The number of rotatable bonds is 4. The van der Waals surface area contributed by atoms with E-state index in [1.54, 1.807) is 19.1 Å². The second-order valence-corrected chi connectivity index (χ2v) is 6.83. The number of carboxylic acid groups (broad SMARTS) is 2. The molecule has 0 bridgehead atoms. The van der Waals surface area contributed by atoms with E-state index in [9.17, 15) is 19.8 Å². The van der Waals surface area contributed by atoms with Crippen LogP contribution in [0.4, 0.5) is 0 Å². The molecule has 2 rings (SSSR count). The number of carboxylic acids is 2. The summed E-state index contributed by atoms with van der Waals surface area (Å²) in [6, 6.07) is 7.42. The standard InChI is InChI=1S/C16H17BrO4/c1-15(13(18)19)7-2-8-16(10-15,14(20)21)9-11-3-5-12(17)6-4-11/h2-6,8H,7,9-10H2,1H3,(H,18,19)(H,20,21). The zero-order valence-electron chi connectivity index (χ0n) is 11.7. The Bertz CT molecular complexity index is 593. The molecule has 1 aliphatic carbocycles. The van der Waals surface area contributed by atoms with Gasteiger partial charge in [0.1, 0.15) is 0 Å². The Balaban J connectivity index is 2.35. The summed E-state index contributed by atoms with van der Waals surface area (Å²) < 4.78 is 0.921. The van der Waals surface area contributed by atoms with Gasteiger partial charge >= 0.3 is 11.9 Å². The number of benzene rings is 1. The summed E-state index contributed by atoms with van der Waals surface area (Å²) in [5.41, 5.74) is -1.33. The Morgan fingerprint density at radius 1 is 1.19 bits per heavy atom. The molecule has 112 valence electrons. The number of halogens is 1. The molecular formula is C16H17BrO4. The molecule has 2 unspecified atom stereocenters. The van der Waals surface area contributed by atoms with E-state index in [0.717, 1.165) is 10.0 Å². The Kier molecular flexibility index (Phi) is 4.23. The third-order valence-corrected chi connectivity index (χ3v) is 4.61. The van der Waals surface area contributed by atoms with E-state index in [0.29, 0.717) is 6.42 Å². The number of carbonyl (C=O) groups is 2. The van der Waals surface area contributed by atoms with Gasteiger partial charge in [-0.25, -0.2) is 0 Å². The van der Waals surface area contributed by atoms with Crippen LogP contribution in [0.1, 0.15) is 25.3 Å². The highest BCUT2D eigenvalue weighted by atomic mass is 79.9. The summed E-state index contributed by atoms with van der Waals surface area (Å²) in [5.74, 6) is -1.93. The van der Waals surface area contributed by atoms with Gasteiger partial charge in [0, 0.05) is 4.47 Å². The van der Waals surface area contributed by atoms with Crippen LogP contribution in [-0.4, -0.2) is 22.2 Å². The molecule has 5 heteroatoms. The van der Waals surface area contributed by atoms with E-state index in [2.05, 4.69) is 15.9 Å². The van der Waals surface area contributed by atoms with E-state index in [1.165, 1.54) is 0 Å². The lowest BCUT2D eigenvalue weighted by Crippen LogP contribution is -2.42. The van der Waals surface area contributed by atoms with E-state index < -0.39 is 22.8 Å². The Hall–Kier alpha value is -1.62. The summed E-state index contributed by atoms with van der Waals surface area (Å²) in [6.45, 7) is 1.61. The van der Waals surface area contributed by atoms with Crippen molar-refractivity contribution in [2.24, 2.45) is 10.8 Å². The highest BCUT2D eigenvalue weighted by Crippen LogP contribution is 2.45. The zero-order valence-corrected chi connectivity index (χ0v) is 13.3. The second-order valence-electron chi connectivity index (χ2n) is 5.91. The van der Waals surface area contributed by atoms with Crippen molar-refractivity contribution in [3.05, 3.63) is 46.5 Å². The fourth-order valence-corrected chi connectivity index (χ4v) is 3.11. The lowest BCUT2D eigenvalue weighted by Gasteiger charge is -2.38. The van der Waals surface area contributed by atoms with Crippen molar-refractivity contribution < 1.29 is 19.8 Å². The van der Waals surface area contributed by atoms with Gasteiger partial charge in [-0.3, -0.25) is 9.59 Å². The first-order chi connectivity index (χ1) is 9.77. The van der Waals surface area contributed by atoms with E-state index in [-0.39, 0.29) is 12.8 Å². The van der Waals surface area contributed by atoms with Crippen molar-refractivity contribution in [2.45, 2.75) is 26.2 Å². The number of hydrogen-bond acceptors (Lipinski definition) is 2. The third-order valence-electron chi connectivity index (χ3n) is 4.09. The second kappa shape index (κ2) is 5.64. The predicted molar refractivity (Wildman–Crippen MR) is 82.0 cm³/mol. The molecule has 0 fully saturated rings. The fourth-order valence-electron chi connectivity index (χ4n) is 2.85. The van der Waals surface area contributed by atoms with Crippen LogP contribution in [-0.2, 0) is 16.0 Å². The molecule has 21 heavy (non-hydrogen) atoms. The predicted octanol–water partition coefficient (Wildman–Crippen LogP) is 3.50. The highest BCUT2D eigenvalue weighted by Gasteiger charge is 2.48. The number of allylic oxidation sites excluding steroid dienone is 1. The van der Waals surface area contributed by atoms with Crippen LogP contribution >= 0.6 is 15.9 Å². The molecule has 2 N–H and O–H groups in total. The van der Waals surface area contributed by atoms with Gasteiger partial charge < -0.3 is 10.2 Å². The molecule has 0 radical (unpaired) electrons. The lowest BCUT2D eigenvalue weighted by atomic mass is 9.64. The van der Waals surface area contributed by atoms with Crippen LogP contribution in [0, 0.1) is 10.8 Å². The van der Waals surface area contributed by atoms with Gasteiger partial charge in [0.25, 0.3) is 0 Å². The topological polar surface area (TPSA) is 74.6 Å². The molecule has 0 aromatic heterocycles. The smallest absolute Gasteiger partial charge is 0.313 e. The Morgan fingerprint density at radius 2 is 1.81 bits per heavy atom. The molecule has 0 heterocycles. The van der Waals surface area contributed by atoms with Crippen molar-refractivity contribution in [1.29, 1.82) is 0 Å². The maximum absolute atomic E-state index is 11.8. The summed E-state index contributed by atoms with van der Waals surface area (Å²) in [5, 5.41) is 19.0. The maximum atomic E-state index is 11.8. The van der Waals surface area contributed by atoms with E-state index in [4.69, 9.17) is 0 Å². The van der Waals surface area contributed by atoms with Gasteiger partial charge in [0.15, 0.2) is 0 Å². The number of aliphatic carboxylic acids is 2. The fraction of sp³-hybridized carbons (Fsp3) is 0.375. The summed E-state index contributed by atoms with van der Waals surface area (Å²) >= 11 is 3.34. The van der Waals surface area contributed by atoms with E-state index >= 15 is 0 Å².